The van der Waals surface area contributed by atoms with Crippen LogP contribution in [0.3, 0.4) is 0 Å². The Morgan fingerprint density at radius 3 is 1.15 bits per heavy atom. The highest BCUT2D eigenvalue weighted by atomic mass is 14.6. The highest BCUT2D eigenvalue weighted by molar-refractivity contribution is 4.81. The third kappa shape index (κ3) is 29.7. The molecule has 0 spiro atoms. The predicted octanol–water partition coefficient (Wildman–Crippen LogP) is 11.7. The summed E-state index contributed by atoms with van der Waals surface area (Å²) in [5, 5.41) is 0. The van der Waals surface area contributed by atoms with Gasteiger partial charge in [-0.15, -0.1) is 0 Å². The molecule has 0 radical (unpaired) electrons. The quantitative estimate of drug-likeness (QED) is 0.0879. The van der Waals surface area contributed by atoms with Gasteiger partial charge in [0.2, 0.25) is 0 Å². The second kappa shape index (κ2) is 28.9. The van der Waals surface area contributed by atoms with Crippen LogP contribution < -0.4 is 5.73 Å². The van der Waals surface area contributed by atoms with Gasteiger partial charge in [-0.2, -0.15) is 0 Å². The monoisotopic (exact) mass is 478 g/mol. The van der Waals surface area contributed by atoms with Gasteiger partial charge in [-0.1, -0.05) is 161 Å². The Labute approximate surface area is 217 Å². The van der Waals surface area contributed by atoms with Crippen molar-refractivity contribution in [2.75, 3.05) is 0 Å². The normalized spacial score (nSPS) is 12.9. The number of unbranched alkanes of at least 4 members (excludes halogenated alkanes) is 20. The lowest BCUT2D eigenvalue weighted by molar-refractivity contribution is 0.474. The minimum atomic E-state index is 0.459. The van der Waals surface area contributed by atoms with Gasteiger partial charge in [0.1, 0.15) is 0 Å². The molecule has 204 valence electrons. The van der Waals surface area contributed by atoms with Crippen LogP contribution in [0.25, 0.3) is 0 Å². The average Bonchev–Trinajstić information content (AvgIpc) is 2.82. The van der Waals surface area contributed by atoms with E-state index in [1.165, 1.54) is 167 Å². The minimum Gasteiger partial charge on any atom is -0.328 e. The molecule has 0 aromatic rings. The van der Waals surface area contributed by atoms with Crippen molar-refractivity contribution < 1.29 is 0 Å². The molecular weight excluding hydrogens is 410 g/mol. The van der Waals surface area contributed by atoms with Gasteiger partial charge in [-0.25, -0.2) is 0 Å². The predicted molar refractivity (Wildman–Crippen MR) is 158 cm³/mol. The van der Waals surface area contributed by atoms with E-state index in [9.17, 15) is 0 Å². The van der Waals surface area contributed by atoms with Crippen molar-refractivity contribution in [3.8, 4) is 0 Å². The third-order valence-electron chi connectivity index (χ3n) is 7.44. The molecule has 34 heavy (non-hydrogen) atoms. The van der Waals surface area contributed by atoms with E-state index >= 15 is 0 Å². The lowest BCUT2D eigenvalue weighted by Gasteiger charge is -2.11. The number of hydrogen-bond acceptors (Lipinski definition) is 1. The van der Waals surface area contributed by atoms with Crippen molar-refractivity contribution in [1.29, 1.82) is 0 Å². The van der Waals surface area contributed by atoms with Gasteiger partial charge in [0.05, 0.1) is 0 Å². The van der Waals surface area contributed by atoms with Crippen LogP contribution in [0.5, 0.6) is 0 Å². The molecular formula is C33H67N. The Balaban J connectivity index is 3.18. The fraction of sp³-hybridized carbons (Fsp3) is 0.939. The van der Waals surface area contributed by atoms with Crippen molar-refractivity contribution in [2.24, 2.45) is 11.7 Å². The summed E-state index contributed by atoms with van der Waals surface area (Å²) in [7, 11) is 0. The lowest BCUT2D eigenvalue weighted by Crippen LogP contribution is -2.19. The zero-order chi connectivity index (χ0) is 25.0. The van der Waals surface area contributed by atoms with Gasteiger partial charge < -0.3 is 5.73 Å². The number of rotatable bonds is 28. The van der Waals surface area contributed by atoms with E-state index < -0.39 is 0 Å². The number of allylic oxidation sites excluding steroid dienone is 2. The maximum atomic E-state index is 6.34. The van der Waals surface area contributed by atoms with Crippen LogP contribution in [0, 0.1) is 5.92 Å². The molecule has 2 N–H and O–H groups in total. The molecule has 0 fully saturated rings. The Bertz CT molecular complexity index is 386. The first-order chi connectivity index (χ1) is 16.7. The fourth-order valence-corrected chi connectivity index (χ4v) is 4.99. The molecule has 0 amide bonds. The van der Waals surface area contributed by atoms with Crippen LogP contribution in [0.2, 0.25) is 0 Å². The van der Waals surface area contributed by atoms with Crippen molar-refractivity contribution in [3.05, 3.63) is 12.2 Å². The Morgan fingerprint density at radius 2 is 0.765 bits per heavy atom. The van der Waals surface area contributed by atoms with Crippen LogP contribution >= 0.6 is 0 Å². The van der Waals surface area contributed by atoms with Gasteiger partial charge in [0.25, 0.3) is 0 Å². The van der Waals surface area contributed by atoms with E-state index in [0.717, 1.165) is 5.92 Å². The smallest absolute Gasteiger partial charge is 0.00388 e. The molecule has 0 rings (SSSR count). The molecule has 0 saturated carbocycles. The Hall–Kier alpha value is -0.300. The summed E-state index contributed by atoms with van der Waals surface area (Å²) in [6.45, 7) is 6.96. The van der Waals surface area contributed by atoms with Gasteiger partial charge in [-0.3, -0.25) is 0 Å². The Morgan fingerprint density at radius 1 is 0.441 bits per heavy atom. The average molecular weight is 478 g/mol. The first-order valence-electron chi connectivity index (χ1n) is 16.1. The first-order valence-corrected chi connectivity index (χ1v) is 16.1. The summed E-state index contributed by atoms with van der Waals surface area (Å²) in [4.78, 5) is 0. The minimum absolute atomic E-state index is 0.459. The highest BCUT2D eigenvalue weighted by Crippen LogP contribution is 2.15. The lowest BCUT2D eigenvalue weighted by atomic mass is 10.00. The summed E-state index contributed by atoms with van der Waals surface area (Å²) < 4.78 is 0. The van der Waals surface area contributed by atoms with Crippen LogP contribution in [0.15, 0.2) is 12.2 Å². The molecule has 0 aromatic heterocycles. The van der Waals surface area contributed by atoms with E-state index in [1.54, 1.807) is 0 Å². The molecule has 0 aromatic carbocycles. The Kier molecular flexibility index (Phi) is 28.7. The topological polar surface area (TPSA) is 26.0 Å². The van der Waals surface area contributed by atoms with E-state index in [4.69, 9.17) is 5.73 Å². The van der Waals surface area contributed by atoms with Crippen LogP contribution in [-0.4, -0.2) is 6.04 Å². The second-order valence-corrected chi connectivity index (χ2v) is 11.6. The summed E-state index contributed by atoms with van der Waals surface area (Å²) in [5.74, 6) is 0.875. The van der Waals surface area contributed by atoms with Crippen molar-refractivity contribution in [2.45, 2.75) is 194 Å². The van der Waals surface area contributed by atoms with Gasteiger partial charge in [0.15, 0.2) is 0 Å². The molecule has 0 bridgehead atoms. The van der Waals surface area contributed by atoms with E-state index in [2.05, 4.69) is 32.9 Å². The van der Waals surface area contributed by atoms with Crippen LogP contribution in [0.4, 0.5) is 0 Å². The van der Waals surface area contributed by atoms with Crippen molar-refractivity contribution in [3.63, 3.8) is 0 Å². The fourth-order valence-electron chi connectivity index (χ4n) is 4.99. The van der Waals surface area contributed by atoms with Gasteiger partial charge in [0, 0.05) is 6.04 Å². The van der Waals surface area contributed by atoms with Crippen LogP contribution in [0.1, 0.15) is 188 Å². The van der Waals surface area contributed by atoms with Crippen molar-refractivity contribution in [1.82, 2.24) is 0 Å². The zero-order valence-corrected chi connectivity index (χ0v) is 24.3. The van der Waals surface area contributed by atoms with Crippen LogP contribution in [-0.2, 0) is 0 Å². The maximum absolute atomic E-state index is 6.34. The second-order valence-electron chi connectivity index (χ2n) is 11.6. The SMILES string of the molecule is CCCCCCCC/C=C/CCCCCCCCCCCC(N)CCCCCCCCC(C)C. The molecule has 0 saturated heterocycles. The van der Waals surface area contributed by atoms with Crippen molar-refractivity contribution >= 4 is 0 Å². The molecule has 0 aliphatic rings. The van der Waals surface area contributed by atoms with E-state index in [0.29, 0.717) is 6.04 Å². The maximum Gasteiger partial charge on any atom is 0.00388 e. The first kappa shape index (κ1) is 33.7. The molecule has 0 heterocycles. The largest absolute Gasteiger partial charge is 0.328 e. The molecule has 0 aliphatic heterocycles. The zero-order valence-electron chi connectivity index (χ0n) is 24.3. The molecule has 1 atom stereocenters. The number of nitrogens with two attached hydrogens (primary N) is 1. The summed E-state index contributed by atoms with van der Waals surface area (Å²) in [6, 6.07) is 0.459. The summed E-state index contributed by atoms with van der Waals surface area (Å²) in [5.41, 5.74) is 6.34. The molecule has 1 heteroatoms. The summed E-state index contributed by atoms with van der Waals surface area (Å²) in [6.07, 6.45) is 41.0. The van der Waals surface area contributed by atoms with Gasteiger partial charge >= 0.3 is 0 Å². The summed E-state index contributed by atoms with van der Waals surface area (Å²) >= 11 is 0. The molecule has 0 aliphatic carbocycles. The standard InChI is InChI=1S/C33H67N/c1-4-5-6-7-8-9-10-11-12-13-14-15-16-17-18-19-20-24-27-30-33(34)31-28-25-22-21-23-26-29-32(2)3/h11-12,32-33H,4-10,13-31,34H2,1-3H3/b12-11+. The molecule has 1 unspecified atom stereocenters. The highest BCUT2D eigenvalue weighted by Gasteiger charge is 2.02. The molecule has 1 nitrogen and oxygen atoms in total. The van der Waals surface area contributed by atoms with E-state index in [-0.39, 0.29) is 0 Å². The third-order valence-corrected chi connectivity index (χ3v) is 7.44. The van der Waals surface area contributed by atoms with Gasteiger partial charge in [-0.05, 0) is 44.4 Å². The number of hydrogen-bond donors (Lipinski definition) is 1. The van der Waals surface area contributed by atoms with E-state index in [1.807, 2.05) is 0 Å².